The molecule has 1 aromatic heterocycles. The van der Waals surface area contributed by atoms with E-state index < -0.39 is 15.8 Å². The molecule has 0 aliphatic carbocycles. The van der Waals surface area contributed by atoms with Crippen molar-refractivity contribution in [2.24, 2.45) is 0 Å². The minimum atomic E-state index is -3.65. The summed E-state index contributed by atoms with van der Waals surface area (Å²) in [5, 5.41) is 10.2. The molecule has 0 amide bonds. The Hall–Kier alpha value is -2.94. The molecular weight excluding hydrogens is 410 g/mol. The molecule has 162 valence electrons. The van der Waals surface area contributed by atoms with E-state index in [4.69, 9.17) is 4.74 Å². The SMILES string of the molecule is CCCc1c(OCCCS(=O)(=O)c2ccc(C(=O)OC)cn2)ccc(C(C)=O)c1O. The first-order valence-electron chi connectivity index (χ1n) is 9.47. The minimum Gasteiger partial charge on any atom is -0.507 e. The number of methoxy groups -OCH3 is 1. The molecule has 1 heterocycles. The van der Waals surface area contributed by atoms with Gasteiger partial charge in [0.2, 0.25) is 0 Å². The lowest BCUT2D eigenvalue weighted by Gasteiger charge is -2.14. The summed E-state index contributed by atoms with van der Waals surface area (Å²) in [5.41, 5.74) is 0.931. The Morgan fingerprint density at radius 1 is 1.17 bits per heavy atom. The first-order valence-corrected chi connectivity index (χ1v) is 11.1. The Morgan fingerprint density at radius 2 is 1.90 bits per heavy atom. The van der Waals surface area contributed by atoms with Crippen molar-refractivity contribution < 1.29 is 32.6 Å². The Balaban J connectivity index is 2.02. The summed E-state index contributed by atoms with van der Waals surface area (Å²) < 4.78 is 35.1. The van der Waals surface area contributed by atoms with Crippen molar-refractivity contribution >= 4 is 21.6 Å². The molecule has 0 saturated heterocycles. The largest absolute Gasteiger partial charge is 0.507 e. The van der Waals surface area contributed by atoms with Gasteiger partial charge in [-0.3, -0.25) is 4.79 Å². The van der Waals surface area contributed by atoms with Gasteiger partial charge in [-0.25, -0.2) is 18.2 Å². The molecule has 1 aromatic carbocycles. The maximum absolute atomic E-state index is 12.4. The summed E-state index contributed by atoms with van der Waals surface area (Å²) in [5.74, 6) is -0.699. The molecule has 1 N–H and O–H groups in total. The number of benzene rings is 1. The van der Waals surface area contributed by atoms with Gasteiger partial charge in [0, 0.05) is 11.8 Å². The molecule has 30 heavy (non-hydrogen) atoms. The number of esters is 1. The molecule has 0 bridgehead atoms. The number of pyridine rings is 1. The van der Waals surface area contributed by atoms with Crippen molar-refractivity contribution in [3.63, 3.8) is 0 Å². The third-order valence-electron chi connectivity index (χ3n) is 4.41. The summed E-state index contributed by atoms with van der Waals surface area (Å²) in [6.07, 6.45) is 2.62. The third kappa shape index (κ3) is 5.56. The van der Waals surface area contributed by atoms with Gasteiger partial charge in [-0.2, -0.15) is 0 Å². The second-order valence-corrected chi connectivity index (χ2v) is 8.70. The van der Waals surface area contributed by atoms with E-state index in [0.717, 1.165) is 12.6 Å². The van der Waals surface area contributed by atoms with Crippen LogP contribution in [0.3, 0.4) is 0 Å². The van der Waals surface area contributed by atoms with Gasteiger partial charge in [0.05, 0.1) is 30.6 Å². The summed E-state index contributed by atoms with van der Waals surface area (Å²) in [6, 6.07) is 5.72. The van der Waals surface area contributed by atoms with Gasteiger partial charge >= 0.3 is 5.97 Å². The van der Waals surface area contributed by atoms with Crippen LogP contribution in [0.15, 0.2) is 35.5 Å². The number of nitrogens with zero attached hydrogens (tertiary/aromatic N) is 1. The summed E-state index contributed by atoms with van der Waals surface area (Å²) in [7, 11) is -2.42. The molecule has 0 spiro atoms. The molecule has 0 radical (unpaired) electrons. The van der Waals surface area contributed by atoms with Crippen molar-refractivity contribution in [2.45, 2.75) is 38.1 Å². The minimum absolute atomic E-state index is 0.0932. The van der Waals surface area contributed by atoms with Crippen LogP contribution in [0.5, 0.6) is 11.5 Å². The topological polar surface area (TPSA) is 120 Å². The highest BCUT2D eigenvalue weighted by Crippen LogP contribution is 2.33. The van der Waals surface area contributed by atoms with Gasteiger partial charge in [0.25, 0.3) is 0 Å². The Morgan fingerprint density at radius 3 is 2.47 bits per heavy atom. The number of phenols is 1. The first-order chi connectivity index (χ1) is 14.2. The lowest BCUT2D eigenvalue weighted by molar-refractivity contribution is 0.0600. The molecule has 9 heteroatoms. The van der Waals surface area contributed by atoms with Crippen LogP contribution >= 0.6 is 0 Å². The van der Waals surface area contributed by atoms with E-state index in [0.29, 0.717) is 17.7 Å². The average Bonchev–Trinajstić information content (AvgIpc) is 2.72. The van der Waals surface area contributed by atoms with Gasteiger partial charge in [0.1, 0.15) is 11.5 Å². The number of hydrogen-bond donors (Lipinski definition) is 1. The fourth-order valence-electron chi connectivity index (χ4n) is 2.87. The van der Waals surface area contributed by atoms with E-state index in [-0.39, 0.29) is 46.5 Å². The molecular formula is C21H25NO7S. The molecule has 0 unspecified atom stereocenters. The predicted octanol–water partition coefficient (Wildman–Crippen LogP) is 2.97. The van der Waals surface area contributed by atoms with Crippen molar-refractivity contribution in [2.75, 3.05) is 19.5 Å². The van der Waals surface area contributed by atoms with Crippen LogP contribution in [-0.4, -0.2) is 49.7 Å². The monoisotopic (exact) mass is 435 g/mol. The third-order valence-corrected chi connectivity index (χ3v) is 6.12. The molecule has 0 saturated carbocycles. The van der Waals surface area contributed by atoms with E-state index in [9.17, 15) is 23.1 Å². The number of aromatic hydroxyl groups is 1. The fraction of sp³-hybridized carbons (Fsp3) is 0.381. The van der Waals surface area contributed by atoms with Crippen LogP contribution in [-0.2, 0) is 21.0 Å². The fourth-order valence-corrected chi connectivity index (χ4v) is 4.06. The number of Topliss-reactive ketones (excluding diaryl/α,β-unsaturated/α-hetero) is 1. The maximum atomic E-state index is 12.4. The number of ether oxygens (including phenoxy) is 2. The van der Waals surface area contributed by atoms with Crippen LogP contribution < -0.4 is 4.74 Å². The van der Waals surface area contributed by atoms with Gasteiger partial charge in [-0.15, -0.1) is 0 Å². The van der Waals surface area contributed by atoms with Gasteiger partial charge in [-0.05, 0) is 44.0 Å². The zero-order valence-corrected chi connectivity index (χ0v) is 18.0. The number of aromatic nitrogens is 1. The number of carbonyl (C=O) groups excluding carboxylic acids is 2. The standard InChI is InChI=1S/C21H25NO7S/c1-4-6-17-18(9-8-16(14(2)23)20(17)24)29-11-5-12-30(26,27)19-10-7-15(13-22-19)21(25)28-3/h7-10,13,24H,4-6,11-12H2,1-3H3. The summed E-state index contributed by atoms with van der Waals surface area (Å²) >= 11 is 0. The average molecular weight is 435 g/mol. The molecule has 0 atom stereocenters. The zero-order chi connectivity index (χ0) is 22.3. The highest BCUT2D eigenvalue weighted by atomic mass is 32.2. The van der Waals surface area contributed by atoms with Crippen molar-refractivity contribution in [3.8, 4) is 11.5 Å². The zero-order valence-electron chi connectivity index (χ0n) is 17.2. The maximum Gasteiger partial charge on any atom is 0.339 e. The molecule has 8 nitrogen and oxygen atoms in total. The number of phenolic OH excluding ortho intramolecular Hbond substituents is 1. The van der Waals surface area contributed by atoms with E-state index in [1.165, 1.54) is 32.2 Å². The summed E-state index contributed by atoms with van der Waals surface area (Å²) in [4.78, 5) is 26.9. The number of sulfone groups is 1. The summed E-state index contributed by atoms with van der Waals surface area (Å²) in [6.45, 7) is 3.42. The number of ketones is 1. The second-order valence-electron chi connectivity index (χ2n) is 6.64. The second kappa shape index (κ2) is 10.2. The van der Waals surface area contributed by atoms with Gasteiger partial charge in [-0.1, -0.05) is 13.3 Å². The first kappa shape index (κ1) is 23.3. The Kier molecular flexibility index (Phi) is 7.93. The van der Waals surface area contributed by atoms with Crippen LogP contribution in [0.2, 0.25) is 0 Å². The highest BCUT2D eigenvalue weighted by molar-refractivity contribution is 7.91. The Bertz CT molecular complexity index is 1010. The lowest BCUT2D eigenvalue weighted by Crippen LogP contribution is -2.13. The Labute approximate surface area is 175 Å². The normalized spacial score (nSPS) is 11.2. The van der Waals surface area contributed by atoms with Crippen molar-refractivity contribution in [1.29, 1.82) is 0 Å². The number of rotatable bonds is 10. The highest BCUT2D eigenvalue weighted by Gasteiger charge is 2.19. The van der Waals surface area contributed by atoms with Crippen LogP contribution in [0.1, 0.15) is 53.0 Å². The quantitative estimate of drug-likeness (QED) is 0.344. The molecule has 2 rings (SSSR count). The predicted molar refractivity (Wildman–Crippen MR) is 110 cm³/mol. The van der Waals surface area contributed by atoms with E-state index in [1.54, 1.807) is 6.07 Å². The van der Waals surface area contributed by atoms with E-state index >= 15 is 0 Å². The van der Waals surface area contributed by atoms with Gasteiger partial charge in [0.15, 0.2) is 20.6 Å². The molecule has 0 aliphatic heterocycles. The van der Waals surface area contributed by atoms with E-state index in [2.05, 4.69) is 9.72 Å². The molecule has 0 aliphatic rings. The molecule has 0 fully saturated rings. The number of hydrogen-bond acceptors (Lipinski definition) is 8. The molecule has 2 aromatic rings. The van der Waals surface area contributed by atoms with Crippen molar-refractivity contribution in [3.05, 3.63) is 47.2 Å². The van der Waals surface area contributed by atoms with Crippen LogP contribution in [0.25, 0.3) is 0 Å². The van der Waals surface area contributed by atoms with Gasteiger partial charge < -0.3 is 14.6 Å². The smallest absolute Gasteiger partial charge is 0.339 e. The van der Waals surface area contributed by atoms with Crippen LogP contribution in [0, 0.1) is 0 Å². The van der Waals surface area contributed by atoms with Crippen LogP contribution in [0.4, 0.5) is 0 Å². The van der Waals surface area contributed by atoms with Crippen molar-refractivity contribution in [1.82, 2.24) is 4.98 Å². The number of carbonyl (C=O) groups is 2. The lowest BCUT2D eigenvalue weighted by atomic mass is 10.0. The van der Waals surface area contributed by atoms with E-state index in [1.807, 2.05) is 6.92 Å².